The summed E-state index contributed by atoms with van der Waals surface area (Å²) in [5.41, 5.74) is 0.532. The minimum Gasteiger partial charge on any atom is -0.485 e. The van der Waals surface area contributed by atoms with Crippen LogP contribution < -0.4 is 14.6 Å². The molecule has 1 heterocycles. The summed E-state index contributed by atoms with van der Waals surface area (Å²) in [4.78, 5) is 2.63. The van der Waals surface area contributed by atoms with Gasteiger partial charge in [-0.05, 0) is 50.6 Å². The molecule has 154 valence electrons. The van der Waals surface area contributed by atoms with Crippen molar-refractivity contribution in [1.29, 1.82) is 5.26 Å². The topological polar surface area (TPSA) is 103 Å². The molecular weight excluding hydrogens is 390 g/mol. The van der Waals surface area contributed by atoms with Gasteiger partial charge in [0, 0.05) is 5.56 Å². The number of aliphatic hydroxyl groups is 1. The number of nitrogens with one attached hydrogen (secondary N) is 1. The number of ether oxygens (including phenoxy) is 1. The van der Waals surface area contributed by atoms with Gasteiger partial charge in [0.2, 0.25) is 10.0 Å². The second kappa shape index (κ2) is 8.03. The zero-order valence-electron chi connectivity index (χ0n) is 16.7. The van der Waals surface area contributed by atoms with Crippen LogP contribution in [0.3, 0.4) is 0 Å². The second-order valence-corrected chi connectivity index (χ2v) is 9.40. The van der Waals surface area contributed by atoms with Crippen molar-refractivity contribution >= 4 is 15.7 Å². The van der Waals surface area contributed by atoms with Gasteiger partial charge in [0.15, 0.2) is 0 Å². The highest BCUT2D eigenvalue weighted by Gasteiger charge is 2.46. The molecule has 29 heavy (non-hydrogen) atoms. The first kappa shape index (κ1) is 21.1. The molecule has 7 nitrogen and oxygen atoms in total. The number of benzene rings is 2. The average Bonchev–Trinajstić information content (AvgIpc) is 2.68. The van der Waals surface area contributed by atoms with Crippen molar-refractivity contribution in [3.05, 3.63) is 59.7 Å². The standard InChI is InChI=1S/C21H25N3O4S/c1-4-12-29(26,27)23-24(16-8-6-5-7-9-16)19-17-13-15(14-22)10-11-18(17)28-21(2,3)20(19)25/h5-11,13,19-20,23,25H,4,12H2,1-3H3. The third-order valence-corrected chi connectivity index (χ3v) is 6.29. The highest BCUT2D eigenvalue weighted by atomic mass is 32.2. The molecule has 2 aromatic carbocycles. The Hall–Kier alpha value is -2.60. The minimum atomic E-state index is -3.65. The molecule has 0 saturated carbocycles. The normalized spacial score (nSPS) is 20.2. The number of aliphatic hydroxyl groups excluding tert-OH is 1. The molecule has 0 spiro atoms. The maximum atomic E-state index is 12.6. The minimum absolute atomic E-state index is 0.0515. The summed E-state index contributed by atoms with van der Waals surface area (Å²) in [7, 11) is -3.65. The van der Waals surface area contributed by atoms with E-state index in [9.17, 15) is 18.8 Å². The summed E-state index contributed by atoms with van der Waals surface area (Å²) in [6.07, 6.45) is -0.622. The SMILES string of the molecule is CCCS(=O)(=O)NN(c1ccccc1)C1c2cc(C#N)ccc2OC(C)(C)C1O. The summed E-state index contributed by atoms with van der Waals surface area (Å²) in [6.45, 7) is 5.28. The van der Waals surface area contributed by atoms with Crippen molar-refractivity contribution in [2.24, 2.45) is 0 Å². The van der Waals surface area contributed by atoms with Crippen LogP contribution >= 0.6 is 0 Å². The van der Waals surface area contributed by atoms with Gasteiger partial charge in [-0.1, -0.05) is 25.1 Å². The van der Waals surface area contributed by atoms with Crippen molar-refractivity contribution in [1.82, 2.24) is 4.83 Å². The Kier molecular flexibility index (Phi) is 5.85. The fourth-order valence-corrected chi connectivity index (χ4v) is 4.59. The summed E-state index contributed by atoms with van der Waals surface area (Å²) in [6, 6.07) is 15.2. The van der Waals surface area contributed by atoms with E-state index in [2.05, 4.69) is 10.9 Å². The van der Waals surface area contributed by atoms with Gasteiger partial charge in [-0.15, -0.1) is 4.83 Å². The predicted molar refractivity (Wildman–Crippen MR) is 111 cm³/mol. The van der Waals surface area contributed by atoms with Crippen molar-refractivity contribution in [2.75, 3.05) is 10.8 Å². The molecule has 2 atom stereocenters. The number of rotatable bonds is 6. The molecule has 0 bridgehead atoms. The van der Waals surface area contributed by atoms with Gasteiger partial charge in [0.05, 0.1) is 23.1 Å². The number of anilines is 1. The fourth-order valence-electron chi connectivity index (χ4n) is 3.44. The molecule has 0 aliphatic carbocycles. The smallest absolute Gasteiger partial charge is 0.228 e. The number of nitriles is 1. The molecule has 1 aliphatic rings. The van der Waals surface area contributed by atoms with E-state index in [1.165, 1.54) is 5.01 Å². The number of hydrazine groups is 1. The van der Waals surface area contributed by atoms with E-state index in [0.29, 0.717) is 29.0 Å². The summed E-state index contributed by atoms with van der Waals surface area (Å²) in [5.74, 6) is 0.448. The lowest BCUT2D eigenvalue weighted by Gasteiger charge is -2.46. The van der Waals surface area contributed by atoms with E-state index in [0.717, 1.165) is 0 Å². The molecule has 1 aliphatic heterocycles. The van der Waals surface area contributed by atoms with Crippen LogP contribution in [0.15, 0.2) is 48.5 Å². The lowest BCUT2D eigenvalue weighted by atomic mass is 9.85. The first-order valence-electron chi connectivity index (χ1n) is 9.44. The van der Waals surface area contributed by atoms with E-state index in [4.69, 9.17) is 4.74 Å². The molecule has 0 fully saturated rings. The van der Waals surface area contributed by atoms with Gasteiger partial charge in [-0.25, -0.2) is 8.42 Å². The third-order valence-electron chi connectivity index (χ3n) is 4.86. The van der Waals surface area contributed by atoms with Crippen LogP contribution in [0.25, 0.3) is 0 Å². The molecule has 8 heteroatoms. The first-order valence-corrected chi connectivity index (χ1v) is 11.1. The highest BCUT2D eigenvalue weighted by molar-refractivity contribution is 7.89. The number of hydrogen-bond acceptors (Lipinski definition) is 6. The summed E-state index contributed by atoms with van der Waals surface area (Å²) < 4.78 is 31.2. The Morgan fingerprint density at radius 2 is 1.93 bits per heavy atom. The van der Waals surface area contributed by atoms with E-state index >= 15 is 0 Å². The number of hydrogen-bond donors (Lipinski definition) is 2. The van der Waals surface area contributed by atoms with Gasteiger partial charge >= 0.3 is 0 Å². The Bertz CT molecular complexity index is 1020. The van der Waals surface area contributed by atoms with Crippen molar-refractivity contribution in [3.8, 4) is 11.8 Å². The molecule has 0 aromatic heterocycles. The van der Waals surface area contributed by atoms with Crippen molar-refractivity contribution < 1.29 is 18.3 Å². The predicted octanol–water partition coefficient (Wildman–Crippen LogP) is 2.88. The van der Waals surface area contributed by atoms with Crippen LogP contribution in [0.4, 0.5) is 5.69 Å². The van der Waals surface area contributed by atoms with Crippen LogP contribution in [-0.4, -0.2) is 31.0 Å². The molecule has 2 unspecified atom stereocenters. The molecule has 0 amide bonds. The number of fused-ring (bicyclic) bond motifs is 1. The average molecular weight is 416 g/mol. The molecular formula is C21H25N3O4S. The third kappa shape index (κ3) is 4.37. The quantitative estimate of drug-likeness (QED) is 0.704. The molecule has 3 rings (SSSR count). The van der Waals surface area contributed by atoms with Crippen LogP contribution in [-0.2, 0) is 10.0 Å². The Morgan fingerprint density at radius 3 is 2.55 bits per heavy atom. The molecule has 2 N–H and O–H groups in total. The maximum Gasteiger partial charge on any atom is 0.228 e. The Morgan fingerprint density at radius 1 is 1.24 bits per heavy atom. The Balaban J connectivity index is 2.19. The fraction of sp³-hybridized carbons (Fsp3) is 0.381. The lowest BCUT2D eigenvalue weighted by Crippen LogP contribution is -2.57. The number of sulfonamides is 1. The largest absolute Gasteiger partial charge is 0.485 e. The Labute approximate surface area is 171 Å². The maximum absolute atomic E-state index is 12.6. The molecule has 0 radical (unpaired) electrons. The van der Waals surface area contributed by atoms with Gasteiger partial charge < -0.3 is 9.84 Å². The van der Waals surface area contributed by atoms with E-state index in [1.54, 1.807) is 63.2 Å². The first-order chi connectivity index (χ1) is 13.7. The lowest BCUT2D eigenvalue weighted by molar-refractivity contribution is -0.0594. The number of nitrogens with zero attached hydrogens (tertiary/aromatic N) is 2. The van der Waals surface area contributed by atoms with Crippen molar-refractivity contribution in [3.63, 3.8) is 0 Å². The van der Waals surface area contributed by atoms with Gasteiger partial charge in [0.1, 0.15) is 23.5 Å². The van der Waals surface area contributed by atoms with E-state index in [1.807, 2.05) is 6.07 Å². The number of para-hydroxylation sites is 1. The summed E-state index contributed by atoms with van der Waals surface area (Å²) in [5, 5.41) is 22.0. The van der Waals surface area contributed by atoms with E-state index < -0.39 is 27.8 Å². The zero-order chi connectivity index (χ0) is 21.2. The van der Waals surface area contributed by atoms with Crippen LogP contribution in [0.5, 0.6) is 5.75 Å². The molecule has 0 saturated heterocycles. The summed E-state index contributed by atoms with van der Waals surface area (Å²) >= 11 is 0. The molecule has 2 aromatic rings. The van der Waals surface area contributed by atoms with Crippen molar-refractivity contribution in [2.45, 2.75) is 44.9 Å². The van der Waals surface area contributed by atoms with Crippen LogP contribution in [0.1, 0.15) is 44.4 Å². The van der Waals surface area contributed by atoms with Gasteiger partial charge in [0.25, 0.3) is 0 Å². The van der Waals surface area contributed by atoms with E-state index in [-0.39, 0.29) is 5.75 Å². The zero-order valence-corrected chi connectivity index (χ0v) is 17.5. The van der Waals surface area contributed by atoms with Crippen LogP contribution in [0.2, 0.25) is 0 Å². The van der Waals surface area contributed by atoms with Gasteiger partial charge in [-0.2, -0.15) is 5.26 Å². The monoisotopic (exact) mass is 415 g/mol. The van der Waals surface area contributed by atoms with Gasteiger partial charge in [-0.3, -0.25) is 5.01 Å². The second-order valence-electron chi connectivity index (χ2n) is 7.58. The highest BCUT2D eigenvalue weighted by Crippen LogP contribution is 2.44. The van der Waals surface area contributed by atoms with Crippen LogP contribution in [0, 0.1) is 11.3 Å².